The van der Waals surface area contributed by atoms with Crippen molar-refractivity contribution in [2.24, 2.45) is 0 Å². The van der Waals surface area contributed by atoms with Crippen LogP contribution in [0.15, 0.2) is 36.4 Å². The van der Waals surface area contributed by atoms with Gasteiger partial charge in [0.1, 0.15) is 0 Å². The first-order chi connectivity index (χ1) is 31.7. The molecule has 0 bridgehead atoms. The number of rotatable bonds is 22. The van der Waals surface area contributed by atoms with Crippen molar-refractivity contribution < 1.29 is 184 Å². The summed E-state index contributed by atoms with van der Waals surface area (Å²) in [7, 11) is 0. The van der Waals surface area contributed by atoms with E-state index in [0.717, 1.165) is 0 Å². The first-order valence-corrected chi connectivity index (χ1v) is 17.0. The van der Waals surface area contributed by atoms with Crippen molar-refractivity contribution in [3.05, 3.63) is 47.5 Å². The quantitative estimate of drug-likeness (QED) is 0.102. The number of halogens is 42. The standard InChI is InChI=1S/C32H12F42/c33-13(34,15(37,38)17(41,42)19(45,46)21(49,50)23(53,54)25(57,58)27(61,62)29(65,66)31(69,70)71)8-2-6-11-4-1-5-12(10-11)7-3-9-14(35,36)16(39,40)18(43,44)20(47,48)22(51,52)24(55,56)26(59,60)28(63,64)30(67,68)32(72,73)74/h1-7,10H,8-9H2/b6-2+,7-3+. The number of allylic oxidation sites excluding steroid dienone is 2. The Morgan fingerprint density at radius 2 is 0.392 bits per heavy atom. The highest BCUT2D eigenvalue weighted by atomic mass is 19.5. The van der Waals surface area contributed by atoms with Crippen LogP contribution < -0.4 is 0 Å². The lowest BCUT2D eigenvalue weighted by atomic mass is 9.86. The number of hydrogen-bond donors (Lipinski definition) is 0. The fourth-order valence-electron chi connectivity index (χ4n) is 4.89. The van der Waals surface area contributed by atoms with Crippen LogP contribution in [0.3, 0.4) is 0 Å². The van der Waals surface area contributed by atoms with Gasteiger partial charge in [-0.3, -0.25) is 0 Å². The van der Waals surface area contributed by atoms with Gasteiger partial charge >= 0.3 is 119 Å². The van der Waals surface area contributed by atoms with E-state index in [9.17, 15) is 184 Å². The van der Waals surface area contributed by atoms with E-state index in [1.807, 2.05) is 0 Å². The molecule has 0 unspecified atom stereocenters. The number of alkyl halides is 42. The van der Waals surface area contributed by atoms with Crippen LogP contribution in [0.5, 0.6) is 0 Å². The molecule has 42 heteroatoms. The lowest BCUT2D eigenvalue weighted by molar-refractivity contribution is -0.474. The van der Waals surface area contributed by atoms with Gasteiger partial charge in [-0.2, -0.15) is 184 Å². The molecule has 0 aliphatic rings. The summed E-state index contributed by atoms with van der Waals surface area (Å²) >= 11 is 0. The van der Waals surface area contributed by atoms with Gasteiger partial charge in [0.25, 0.3) is 0 Å². The van der Waals surface area contributed by atoms with E-state index < -0.39 is 155 Å². The summed E-state index contributed by atoms with van der Waals surface area (Å²) in [6.45, 7) is 0. The minimum atomic E-state index is -9.49. The molecular formula is C32H12F42. The number of benzene rings is 1. The third-order valence-corrected chi connectivity index (χ3v) is 9.43. The van der Waals surface area contributed by atoms with Crippen LogP contribution in [0.4, 0.5) is 184 Å². The molecule has 434 valence electrons. The van der Waals surface area contributed by atoms with Gasteiger partial charge in [0.2, 0.25) is 0 Å². The van der Waals surface area contributed by atoms with Gasteiger partial charge in [0.15, 0.2) is 0 Å². The summed E-state index contributed by atoms with van der Waals surface area (Å²) in [6, 6.07) is 1.20. The minimum absolute atomic E-state index is 0.104. The molecule has 74 heavy (non-hydrogen) atoms. The molecule has 0 radical (unpaired) electrons. The zero-order chi connectivity index (χ0) is 60.2. The zero-order valence-electron chi connectivity index (χ0n) is 32.9. The lowest BCUT2D eigenvalue weighted by Crippen LogP contribution is -2.76. The van der Waals surface area contributed by atoms with Crippen molar-refractivity contribution in [2.45, 2.75) is 132 Å². The molecule has 0 N–H and O–H groups in total. The molecule has 0 heterocycles. The summed E-state index contributed by atoms with van der Waals surface area (Å²) in [5.41, 5.74) is -2.18. The second-order valence-electron chi connectivity index (χ2n) is 14.5. The number of hydrogen-bond acceptors (Lipinski definition) is 0. The van der Waals surface area contributed by atoms with E-state index in [4.69, 9.17) is 0 Å². The Hall–Kier alpha value is -4.24. The summed E-state index contributed by atoms with van der Waals surface area (Å²) < 4.78 is 570. The normalized spacial score (nSPS) is 16.8. The van der Waals surface area contributed by atoms with Crippen LogP contribution in [-0.2, 0) is 0 Å². The molecule has 1 aromatic rings. The van der Waals surface area contributed by atoms with Crippen molar-refractivity contribution in [1.82, 2.24) is 0 Å². The van der Waals surface area contributed by atoms with Crippen molar-refractivity contribution in [1.29, 1.82) is 0 Å². The third-order valence-electron chi connectivity index (χ3n) is 9.43. The van der Waals surface area contributed by atoms with Gasteiger partial charge in [0.05, 0.1) is 0 Å². The highest BCUT2D eigenvalue weighted by Crippen LogP contribution is 2.69. The maximum Gasteiger partial charge on any atom is 0.460 e. The molecule has 0 saturated carbocycles. The molecule has 1 aromatic carbocycles. The fraction of sp³-hybridized carbons (Fsp3) is 0.688. The molecule has 0 aliphatic heterocycles. The fourth-order valence-corrected chi connectivity index (χ4v) is 4.89. The van der Waals surface area contributed by atoms with Crippen molar-refractivity contribution in [3.63, 3.8) is 0 Å². The average molecular weight is 1190 g/mol. The first-order valence-electron chi connectivity index (χ1n) is 17.0. The lowest BCUT2D eigenvalue weighted by Gasteiger charge is -2.44. The van der Waals surface area contributed by atoms with Crippen LogP contribution in [0, 0.1) is 0 Å². The molecule has 0 amide bonds. The van der Waals surface area contributed by atoms with E-state index in [1.54, 1.807) is 0 Å². The molecule has 0 nitrogen and oxygen atoms in total. The molecular weight excluding hydrogens is 1180 g/mol. The molecule has 0 atom stereocenters. The van der Waals surface area contributed by atoms with E-state index in [2.05, 4.69) is 0 Å². The van der Waals surface area contributed by atoms with Crippen molar-refractivity contribution >= 4 is 12.2 Å². The molecule has 1 rings (SSSR count). The van der Waals surface area contributed by atoms with Crippen LogP contribution >= 0.6 is 0 Å². The Kier molecular flexibility index (Phi) is 16.7. The summed E-state index contributed by atoms with van der Waals surface area (Å²) in [5, 5.41) is 0. The van der Waals surface area contributed by atoms with E-state index in [-0.39, 0.29) is 18.2 Å². The van der Waals surface area contributed by atoms with Crippen LogP contribution in [0.25, 0.3) is 12.2 Å². The Balaban J connectivity index is 3.58. The molecule has 0 aliphatic carbocycles. The summed E-state index contributed by atoms with van der Waals surface area (Å²) in [6.07, 6.45) is -25.2. The molecule has 0 spiro atoms. The van der Waals surface area contributed by atoms with Gasteiger partial charge in [-0.05, 0) is 17.2 Å². The predicted molar refractivity (Wildman–Crippen MR) is 155 cm³/mol. The van der Waals surface area contributed by atoms with Crippen LogP contribution in [-0.4, -0.2) is 119 Å². The second kappa shape index (κ2) is 18.2. The van der Waals surface area contributed by atoms with Crippen LogP contribution in [0.2, 0.25) is 0 Å². The highest BCUT2D eigenvalue weighted by Gasteiger charge is 3.00. The Morgan fingerprint density at radius 1 is 0.230 bits per heavy atom. The largest absolute Gasteiger partial charge is 0.460 e. The third kappa shape index (κ3) is 9.14. The highest BCUT2D eigenvalue weighted by molar-refractivity contribution is 5.58. The first kappa shape index (κ1) is 67.8. The van der Waals surface area contributed by atoms with E-state index >= 15 is 0 Å². The summed E-state index contributed by atoms with van der Waals surface area (Å²) in [4.78, 5) is 0. The maximum absolute atomic E-state index is 14.3. The summed E-state index contributed by atoms with van der Waals surface area (Å²) in [5.74, 6) is -160. The topological polar surface area (TPSA) is 0 Å². The van der Waals surface area contributed by atoms with Gasteiger partial charge in [-0.1, -0.05) is 42.5 Å². The van der Waals surface area contributed by atoms with Crippen molar-refractivity contribution in [2.75, 3.05) is 0 Å². The van der Waals surface area contributed by atoms with Crippen LogP contribution in [0.1, 0.15) is 24.0 Å². The molecule has 0 fully saturated rings. The van der Waals surface area contributed by atoms with Gasteiger partial charge < -0.3 is 0 Å². The van der Waals surface area contributed by atoms with E-state index in [0.29, 0.717) is 18.2 Å². The van der Waals surface area contributed by atoms with E-state index in [1.165, 1.54) is 0 Å². The maximum atomic E-state index is 14.3. The van der Waals surface area contributed by atoms with Gasteiger partial charge in [-0.25, -0.2) is 0 Å². The Labute approximate surface area is 376 Å². The Bertz CT molecular complexity index is 2040. The SMILES string of the molecule is FC(F)(F)C(F)(F)C(F)(F)C(F)(F)C(F)(F)C(F)(F)C(F)(F)C(F)(F)C(F)(F)C(F)(F)C/C=C/c1cccc(/C=C/CC(F)(F)C(F)(F)C(F)(F)C(F)(F)C(F)(F)C(F)(F)C(F)(F)C(F)(F)C(F)(F)C(F)(F)F)c1. The Morgan fingerprint density at radius 3 is 0.568 bits per heavy atom. The zero-order valence-corrected chi connectivity index (χ0v) is 32.9. The smallest absolute Gasteiger partial charge is 0.199 e. The minimum Gasteiger partial charge on any atom is -0.199 e. The van der Waals surface area contributed by atoms with Crippen molar-refractivity contribution in [3.8, 4) is 0 Å². The van der Waals surface area contributed by atoms with Gasteiger partial charge in [0, 0.05) is 12.8 Å². The monoisotopic (exact) mass is 1190 g/mol. The van der Waals surface area contributed by atoms with Gasteiger partial charge in [-0.15, -0.1) is 0 Å². The average Bonchev–Trinajstić information content (AvgIpc) is 3.18. The second-order valence-corrected chi connectivity index (χ2v) is 14.5. The molecule has 0 saturated heterocycles. The predicted octanol–water partition coefficient (Wildman–Crippen LogP) is 17.1. The molecule has 0 aromatic heterocycles.